The maximum atomic E-state index is 12.1. The molecule has 0 fully saturated rings. The number of benzene rings is 2. The fraction of sp³-hybridized carbons (Fsp3) is 0.158. The lowest BCUT2D eigenvalue weighted by molar-refractivity contribution is -0.113. The van der Waals surface area contributed by atoms with Crippen LogP contribution in [0, 0.1) is 6.92 Å². The van der Waals surface area contributed by atoms with Crippen LogP contribution in [0.1, 0.15) is 15.9 Å². The first-order valence-corrected chi connectivity index (χ1v) is 10.1. The van der Waals surface area contributed by atoms with Crippen molar-refractivity contribution in [3.63, 3.8) is 0 Å². The van der Waals surface area contributed by atoms with Crippen LogP contribution in [0.5, 0.6) is 0 Å². The quantitative estimate of drug-likeness (QED) is 0.444. The van der Waals surface area contributed by atoms with E-state index in [9.17, 15) is 9.59 Å². The van der Waals surface area contributed by atoms with Gasteiger partial charge < -0.3 is 15.4 Å². The number of amides is 1. The van der Waals surface area contributed by atoms with E-state index in [-0.39, 0.29) is 11.7 Å². The number of ether oxygens (including phenoxy) is 1. The number of rotatable bonds is 7. The summed E-state index contributed by atoms with van der Waals surface area (Å²) in [6, 6.07) is 14.4. The Balaban J connectivity index is 1.50. The minimum absolute atomic E-state index is 0.167. The fourth-order valence-electron chi connectivity index (χ4n) is 2.28. The Kier molecular flexibility index (Phi) is 6.62. The Morgan fingerprint density at radius 2 is 1.86 bits per heavy atom. The van der Waals surface area contributed by atoms with Gasteiger partial charge in [-0.1, -0.05) is 41.3 Å². The summed E-state index contributed by atoms with van der Waals surface area (Å²) in [5.41, 5.74) is 3.13. The SMILES string of the molecule is COC(=O)c1ccc(NC(=O)CSc2nnc(Nc3ccccc3C)s2)cc1. The Labute approximate surface area is 170 Å². The van der Waals surface area contributed by atoms with Crippen LogP contribution in [0.4, 0.5) is 16.5 Å². The molecule has 1 aromatic heterocycles. The Morgan fingerprint density at radius 1 is 1.11 bits per heavy atom. The molecule has 1 heterocycles. The molecule has 144 valence electrons. The number of carbonyl (C=O) groups excluding carboxylic acids is 2. The fourth-order valence-corrected chi connectivity index (χ4v) is 3.84. The Morgan fingerprint density at radius 3 is 2.57 bits per heavy atom. The smallest absolute Gasteiger partial charge is 0.337 e. The molecule has 0 saturated heterocycles. The third kappa shape index (κ3) is 5.30. The highest BCUT2D eigenvalue weighted by Gasteiger charge is 2.10. The van der Waals surface area contributed by atoms with Crippen molar-refractivity contribution in [1.82, 2.24) is 10.2 Å². The summed E-state index contributed by atoms with van der Waals surface area (Å²) in [5.74, 6) is -0.378. The number of esters is 1. The number of hydrogen-bond acceptors (Lipinski definition) is 8. The molecule has 0 aliphatic heterocycles. The van der Waals surface area contributed by atoms with Crippen molar-refractivity contribution < 1.29 is 14.3 Å². The Bertz CT molecular complexity index is 973. The number of hydrogen-bond donors (Lipinski definition) is 2. The van der Waals surface area contributed by atoms with Crippen LogP contribution in [0.25, 0.3) is 0 Å². The molecule has 0 aliphatic carbocycles. The van der Waals surface area contributed by atoms with E-state index < -0.39 is 5.97 Å². The number of para-hydroxylation sites is 1. The summed E-state index contributed by atoms with van der Waals surface area (Å²) in [4.78, 5) is 23.5. The van der Waals surface area contributed by atoms with E-state index >= 15 is 0 Å². The van der Waals surface area contributed by atoms with E-state index in [0.29, 0.717) is 20.7 Å². The summed E-state index contributed by atoms with van der Waals surface area (Å²) in [6.45, 7) is 2.01. The molecule has 0 spiro atoms. The van der Waals surface area contributed by atoms with Gasteiger partial charge in [-0.05, 0) is 42.8 Å². The number of carbonyl (C=O) groups is 2. The van der Waals surface area contributed by atoms with Crippen molar-refractivity contribution in [2.75, 3.05) is 23.5 Å². The molecular weight excluding hydrogens is 396 g/mol. The molecular formula is C19H18N4O3S2. The molecule has 0 atom stereocenters. The number of aromatic nitrogens is 2. The van der Waals surface area contributed by atoms with Gasteiger partial charge in [-0.15, -0.1) is 10.2 Å². The van der Waals surface area contributed by atoms with Crippen molar-refractivity contribution in [3.05, 3.63) is 59.7 Å². The summed E-state index contributed by atoms with van der Waals surface area (Å²) >= 11 is 2.70. The maximum Gasteiger partial charge on any atom is 0.337 e. The largest absolute Gasteiger partial charge is 0.465 e. The second-order valence-electron chi connectivity index (χ2n) is 5.72. The summed E-state index contributed by atoms with van der Waals surface area (Å²) in [6.07, 6.45) is 0. The molecule has 0 radical (unpaired) electrons. The van der Waals surface area contributed by atoms with Gasteiger partial charge in [-0.3, -0.25) is 4.79 Å². The van der Waals surface area contributed by atoms with E-state index in [2.05, 4.69) is 25.6 Å². The predicted octanol–water partition coefficient (Wildman–Crippen LogP) is 4.11. The number of anilines is 3. The van der Waals surface area contributed by atoms with E-state index in [4.69, 9.17) is 0 Å². The van der Waals surface area contributed by atoms with E-state index in [0.717, 1.165) is 11.3 Å². The van der Waals surface area contributed by atoms with Gasteiger partial charge >= 0.3 is 5.97 Å². The molecule has 2 aromatic carbocycles. The van der Waals surface area contributed by atoms with Gasteiger partial charge in [0.2, 0.25) is 11.0 Å². The average molecular weight is 415 g/mol. The van der Waals surface area contributed by atoms with Gasteiger partial charge in [0.1, 0.15) is 0 Å². The van der Waals surface area contributed by atoms with E-state index in [1.54, 1.807) is 24.3 Å². The van der Waals surface area contributed by atoms with Gasteiger partial charge in [0.25, 0.3) is 0 Å². The molecule has 0 unspecified atom stereocenters. The monoisotopic (exact) mass is 414 g/mol. The maximum absolute atomic E-state index is 12.1. The van der Waals surface area contributed by atoms with Gasteiger partial charge in [-0.25, -0.2) is 4.79 Å². The molecule has 9 heteroatoms. The molecule has 1 amide bonds. The molecule has 3 aromatic rings. The molecule has 7 nitrogen and oxygen atoms in total. The molecule has 3 rings (SSSR count). The topological polar surface area (TPSA) is 93.2 Å². The van der Waals surface area contributed by atoms with Crippen LogP contribution in [0.3, 0.4) is 0 Å². The summed E-state index contributed by atoms with van der Waals surface area (Å²) in [5, 5.41) is 14.9. The highest BCUT2D eigenvalue weighted by Crippen LogP contribution is 2.28. The standard InChI is InChI=1S/C19H18N4O3S2/c1-12-5-3-4-6-15(12)21-18-22-23-19(28-18)27-11-16(24)20-14-9-7-13(8-10-14)17(25)26-2/h3-10H,11H2,1-2H3,(H,20,24)(H,21,22). The molecule has 0 bridgehead atoms. The Hall–Kier alpha value is -2.91. The lowest BCUT2D eigenvalue weighted by Crippen LogP contribution is -2.14. The lowest BCUT2D eigenvalue weighted by Gasteiger charge is -2.05. The number of nitrogens with one attached hydrogen (secondary N) is 2. The van der Waals surface area contributed by atoms with Gasteiger partial charge in [-0.2, -0.15) is 0 Å². The van der Waals surface area contributed by atoms with Crippen molar-refractivity contribution >= 4 is 51.5 Å². The molecule has 28 heavy (non-hydrogen) atoms. The zero-order valence-corrected chi connectivity index (χ0v) is 16.9. The normalized spacial score (nSPS) is 10.4. The van der Waals surface area contributed by atoms with Crippen molar-refractivity contribution in [1.29, 1.82) is 0 Å². The third-order valence-electron chi connectivity index (χ3n) is 3.71. The first-order chi connectivity index (χ1) is 13.5. The zero-order valence-electron chi connectivity index (χ0n) is 15.3. The van der Waals surface area contributed by atoms with E-state index in [1.807, 2.05) is 31.2 Å². The van der Waals surface area contributed by atoms with Gasteiger partial charge in [0.05, 0.1) is 18.4 Å². The van der Waals surface area contributed by atoms with Crippen LogP contribution in [0.2, 0.25) is 0 Å². The second-order valence-corrected chi connectivity index (χ2v) is 7.92. The summed E-state index contributed by atoms with van der Waals surface area (Å²) < 4.78 is 5.35. The lowest BCUT2D eigenvalue weighted by atomic mass is 10.2. The number of nitrogens with zero attached hydrogens (tertiary/aromatic N) is 2. The van der Waals surface area contributed by atoms with Crippen molar-refractivity contribution in [3.8, 4) is 0 Å². The molecule has 2 N–H and O–H groups in total. The summed E-state index contributed by atoms with van der Waals surface area (Å²) in [7, 11) is 1.32. The van der Waals surface area contributed by atoms with Crippen molar-refractivity contribution in [2.24, 2.45) is 0 Å². The molecule has 0 saturated carbocycles. The average Bonchev–Trinajstić information content (AvgIpc) is 3.15. The zero-order chi connectivity index (χ0) is 19.9. The van der Waals surface area contributed by atoms with Crippen LogP contribution in [0.15, 0.2) is 52.9 Å². The van der Waals surface area contributed by atoms with Gasteiger partial charge in [0.15, 0.2) is 4.34 Å². The predicted molar refractivity (Wildman–Crippen MR) is 112 cm³/mol. The molecule has 0 aliphatic rings. The van der Waals surface area contributed by atoms with Crippen molar-refractivity contribution in [2.45, 2.75) is 11.3 Å². The first kappa shape index (κ1) is 19.8. The minimum atomic E-state index is -0.417. The highest BCUT2D eigenvalue weighted by molar-refractivity contribution is 8.01. The second kappa shape index (κ2) is 9.34. The van der Waals surface area contributed by atoms with Crippen LogP contribution < -0.4 is 10.6 Å². The van der Waals surface area contributed by atoms with E-state index in [1.165, 1.54) is 30.2 Å². The number of thioether (sulfide) groups is 1. The minimum Gasteiger partial charge on any atom is -0.465 e. The van der Waals surface area contributed by atoms with Crippen LogP contribution in [-0.4, -0.2) is 34.9 Å². The van der Waals surface area contributed by atoms with Crippen LogP contribution >= 0.6 is 23.1 Å². The third-order valence-corrected chi connectivity index (χ3v) is 5.68. The first-order valence-electron chi connectivity index (χ1n) is 8.32. The van der Waals surface area contributed by atoms with Gasteiger partial charge in [0, 0.05) is 11.4 Å². The van der Waals surface area contributed by atoms with Crippen LogP contribution in [-0.2, 0) is 9.53 Å². The number of aryl methyl sites for hydroxylation is 1. The number of methoxy groups -OCH3 is 1. The highest BCUT2D eigenvalue weighted by atomic mass is 32.2.